The lowest BCUT2D eigenvalue weighted by atomic mass is 10.0. The summed E-state index contributed by atoms with van der Waals surface area (Å²) in [5.41, 5.74) is 1.60. The predicted molar refractivity (Wildman–Crippen MR) is 72.1 cm³/mol. The summed E-state index contributed by atoms with van der Waals surface area (Å²) in [7, 11) is 0. The molecule has 0 aliphatic heterocycles. The number of benzene rings is 1. The highest BCUT2D eigenvalue weighted by molar-refractivity contribution is 6.30. The van der Waals surface area contributed by atoms with Crippen molar-refractivity contribution in [2.75, 3.05) is 5.32 Å². The topological polar surface area (TPSA) is 82.2 Å². The zero-order chi connectivity index (χ0) is 14.0. The molecule has 2 aromatic rings. The third-order valence-electron chi connectivity index (χ3n) is 2.65. The Morgan fingerprint density at radius 1 is 1.26 bits per heavy atom. The second-order valence-electron chi connectivity index (χ2n) is 3.97. The summed E-state index contributed by atoms with van der Waals surface area (Å²) in [6.07, 6.45) is 0.233. The molecule has 6 heteroatoms. The molecule has 3 N–H and O–H groups in total. The summed E-state index contributed by atoms with van der Waals surface area (Å²) in [5, 5.41) is 11.5. The molecule has 2 rings (SSSR count). The number of rotatable bonds is 3. The second-order valence-corrected chi connectivity index (χ2v) is 4.40. The molecule has 0 aliphatic rings. The average Bonchev–Trinajstić information content (AvgIpc) is 2.70. The van der Waals surface area contributed by atoms with Gasteiger partial charge in [0.15, 0.2) is 5.78 Å². The van der Waals surface area contributed by atoms with Crippen LogP contribution in [0.5, 0.6) is 0 Å². The third kappa shape index (κ3) is 2.77. The molecule has 0 fully saturated rings. The maximum atomic E-state index is 12.3. The standard InChI is InChI=1S/C13H11ClN2O3/c1-7-11(10(6-15-7)16-13(18)19)12(17)8-2-4-9(14)5-3-8/h2-6,15-16H,1H3,(H,18,19). The van der Waals surface area contributed by atoms with Crippen LogP contribution in [0, 0.1) is 6.92 Å². The Kier molecular flexibility index (Phi) is 3.57. The SMILES string of the molecule is Cc1[nH]cc(NC(=O)O)c1C(=O)c1ccc(Cl)cc1. The molecule has 98 valence electrons. The molecule has 1 amide bonds. The predicted octanol–water partition coefficient (Wildman–Crippen LogP) is 3.30. The number of nitrogens with one attached hydrogen (secondary N) is 2. The van der Waals surface area contributed by atoms with Gasteiger partial charge in [0.1, 0.15) is 0 Å². The van der Waals surface area contributed by atoms with Crippen molar-refractivity contribution in [1.29, 1.82) is 0 Å². The van der Waals surface area contributed by atoms with Gasteiger partial charge >= 0.3 is 6.09 Å². The van der Waals surface area contributed by atoms with Crippen LogP contribution in [0.3, 0.4) is 0 Å². The first-order valence-corrected chi connectivity index (χ1v) is 5.85. The van der Waals surface area contributed by atoms with Crippen molar-refractivity contribution < 1.29 is 14.7 Å². The number of anilines is 1. The van der Waals surface area contributed by atoms with Crippen molar-refractivity contribution in [3.63, 3.8) is 0 Å². The van der Waals surface area contributed by atoms with Crippen LogP contribution >= 0.6 is 11.6 Å². The number of carbonyl (C=O) groups is 2. The summed E-state index contributed by atoms with van der Waals surface area (Å²) < 4.78 is 0. The van der Waals surface area contributed by atoms with Gasteiger partial charge in [0, 0.05) is 22.5 Å². The normalized spacial score (nSPS) is 10.2. The number of hydrogen-bond donors (Lipinski definition) is 3. The first-order valence-electron chi connectivity index (χ1n) is 5.47. The molecular weight excluding hydrogens is 268 g/mol. The van der Waals surface area contributed by atoms with Gasteiger partial charge in [0.2, 0.25) is 0 Å². The van der Waals surface area contributed by atoms with E-state index in [0.29, 0.717) is 21.8 Å². The van der Waals surface area contributed by atoms with Gasteiger partial charge in [-0.3, -0.25) is 10.1 Å². The largest absolute Gasteiger partial charge is 0.465 e. The zero-order valence-corrected chi connectivity index (χ0v) is 10.8. The number of carboxylic acid groups (broad SMARTS) is 1. The lowest BCUT2D eigenvalue weighted by Gasteiger charge is -2.05. The first-order chi connectivity index (χ1) is 8.99. The van der Waals surface area contributed by atoms with Crippen LogP contribution in [-0.2, 0) is 0 Å². The third-order valence-corrected chi connectivity index (χ3v) is 2.90. The number of H-pyrrole nitrogens is 1. The van der Waals surface area contributed by atoms with Crippen LogP contribution in [0.25, 0.3) is 0 Å². The van der Waals surface area contributed by atoms with Crippen LogP contribution in [0.1, 0.15) is 21.6 Å². The Morgan fingerprint density at radius 3 is 2.47 bits per heavy atom. The molecule has 19 heavy (non-hydrogen) atoms. The minimum absolute atomic E-state index is 0.241. The van der Waals surface area contributed by atoms with Gasteiger partial charge in [0.05, 0.1) is 11.3 Å². The van der Waals surface area contributed by atoms with Crippen LogP contribution in [-0.4, -0.2) is 22.0 Å². The van der Waals surface area contributed by atoms with Gasteiger partial charge in [-0.05, 0) is 31.2 Å². The average molecular weight is 279 g/mol. The Balaban J connectivity index is 2.40. The highest BCUT2D eigenvalue weighted by Crippen LogP contribution is 2.23. The maximum absolute atomic E-state index is 12.3. The first kappa shape index (κ1) is 13.2. The fraction of sp³-hybridized carbons (Fsp3) is 0.0769. The Hall–Kier alpha value is -2.27. The molecule has 1 heterocycles. The van der Waals surface area contributed by atoms with E-state index in [1.165, 1.54) is 6.20 Å². The van der Waals surface area contributed by atoms with E-state index in [9.17, 15) is 9.59 Å². The molecule has 0 radical (unpaired) electrons. The molecule has 5 nitrogen and oxygen atoms in total. The fourth-order valence-corrected chi connectivity index (χ4v) is 1.90. The van der Waals surface area contributed by atoms with Crippen LogP contribution < -0.4 is 5.32 Å². The van der Waals surface area contributed by atoms with Crippen molar-refractivity contribution in [3.05, 3.63) is 52.3 Å². The van der Waals surface area contributed by atoms with Gasteiger partial charge in [0.25, 0.3) is 0 Å². The van der Waals surface area contributed by atoms with Gasteiger partial charge in [-0.1, -0.05) is 11.6 Å². The van der Waals surface area contributed by atoms with E-state index in [1.807, 2.05) is 0 Å². The molecule has 0 aliphatic carbocycles. The quantitative estimate of drug-likeness (QED) is 0.753. The maximum Gasteiger partial charge on any atom is 0.409 e. The van der Waals surface area contributed by atoms with Crippen LogP contribution in [0.2, 0.25) is 5.02 Å². The van der Waals surface area contributed by atoms with Crippen molar-refractivity contribution >= 4 is 29.2 Å². The van der Waals surface area contributed by atoms with Crippen molar-refractivity contribution in [2.24, 2.45) is 0 Å². The summed E-state index contributed by atoms with van der Waals surface area (Å²) in [6, 6.07) is 6.42. The highest BCUT2D eigenvalue weighted by atomic mass is 35.5. The minimum atomic E-state index is -1.22. The zero-order valence-electron chi connectivity index (χ0n) is 10.0. The van der Waals surface area contributed by atoms with Crippen LogP contribution in [0.15, 0.2) is 30.5 Å². The molecule has 0 unspecified atom stereocenters. The minimum Gasteiger partial charge on any atom is -0.465 e. The van der Waals surface area contributed by atoms with E-state index in [4.69, 9.17) is 16.7 Å². The molecule has 0 spiro atoms. The smallest absolute Gasteiger partial charge is 0.409 e. The van der Waals surface area contributed by atoms with Gasteiger partial charge in [-0.15, -0.1) is 0 Å². The fourth-order valence-electron chi connectivity index (χ4n) is 1.78. The number of aromatic amines is 1. The lowest BCUT2D eigenvalue weighted by Crippen LogP contribution is -2.11. The number of amides is 1. The number of ketones is 1. The van der Waals surface area contributed by atoms with Crippen molar-refractivity contribution in [3.8, 4) is 0 Å². The van der Waals surface area contributed by atoms with E-state index < -0.39 is 6.09 Å². The summed E-state index contributed by atoms with van der Waals surface area (Å²) in [5.74, 6) is -0.265. The molecule has 0 atom stereocenters. The van der Waals surface area contributed by atoms with Gasteiger partial charge < -0.3 is 10.1 Å². The number of halogens is 1. The summed E-state index contributed by atoms with van der Waals surface area (Å²) in [4.78, 5) is 25.9. The molecule has 0 saturated heterocycles. The van der Waals surface area contributed by atoms with E-state index in [2.05, 4.69) is 10.3 Å². The molecule has 1 aromatic carbocycles. The molecule has 0 bridgehead atoms. The van der Waals surface area contributed by atoms with Gasteiger partial charge in [-0.2, -0.15) is 0 Å². The lowest BCUT2D eigenvalue weighted by molar-refractivity contribution is 0.103. The van der Waals surface area contributed by atoms with E-state index >= 15 is 0 Å². The Bertz CT molecular complexity index is 632. The Morgan fingerprint density at radius 2 is 1.89 bits per heavy atom. The second kappa shape index (κ2) is 5.16. The van der Waals surface area contributed by atoms with Gasteiger partial charge in [-0.25, -0.2) is 4.79 Å². The number of carbonyl (C=O) groups excluding carboxylic acids is 1. The van der Waals surface area contributed by atoms with Crippen molar-refractivity contribution in [1.82, 2.24) is 4.98 Å². The molecular formula is C13H11ClN2O3. The number of aromatic nitrogens is 1. The Labute approximate surface area is 114 Å². The molecule has 0 saturated carbocycles. The molecule has 1 aromatic heterocycles. The number of hydrogen-bond acceptors (Lipinski definition) is 2. The monoisotopic (exact) mass is 278 g/mol. The van der Waals surface area contributed by atoms with E-state index in [-0.39, 0.29) is 11.5 Å². The summed E-state index contributed by atoms with van der Waals surface area (Å²) >= 11 is 5.77. The van der Waals surface area contributed by atoms with E-state index in [0.717, 1.165) is 0 Å². The summed E-state index contributed by atoms with van der Waals surface area (Å²) in [6.45, 7) is 1.70. The van der Waals surface area contributed by atoms with Crippen molar-refractivity contribution in [2.45, 2.75) is 6.92 Å². The number of aryl methyl sites for hydroxylation is 1. The van der Waals surface area contributed by atoms with E-state index in [1.54, 1.807) is 31.2 Å². The highest BCUT2D eigenvalue weighted by Gasteiger charge is 2.19. The van der Waals surface area contributed by atoms with Crippen LogP contribution in [0.4, 0.5) is 10.5 Å².